The lowest BCUT2D eigenvalue weighted by Crippen LogP contribution is -2.60. The van der Waals surface area contributed by atoms with Gasteiger partial charge >= 0.3 is 0 Å². The molecule has 4 rings (SSSR count). The number of aromatic nitrogens is 2. The summed E-state index contributed by atoms with van der Waals surface area (Å²) < 4.78 is 17.3. The molecule has 1 aromatic heterocycles. The smallest absolute Gasteiger partial charge is 0.242 e. The maximum atomic E-state index is 13.0. The van der Waals surface area contributed by atoms with E-state index in [0.29, 0.717) is 19.6 Å². The number of amides is 1. The molecule has 44 heavy (non-hydrogen) atoms. The number of carbonyl (C=O) groups is 1. The molecule has 5 atom stereocenters. The van der Waals surface area contributed by atoms with Crippen LogP contribution in [0.1, 0.15) is 56.9 Å². The van der Waals surface area contributed by atoms with Gasteiger partial charge in [-0.25, -0.2) is 0 Å². The number of aliphatic hydroxyl groups is 4. The summed E-state index contributed by atoms with van der Waals surface area (Å²) in [6, 6.07) is 7.72. The van der Waals surface area contributed by atoms with Crippen molar-refractivity contribution in [2.75, 3.05) is 53.0 Å². The summed E-state index contributed by atoms with van der Waals surface area (Å²) in [6.45, 7) is 11.8. The van der Waals surface area contributed by atoms with Gasteiger partial charge in [0.2, 0.25) is 18.1 Å². The molecule has 3 heterocycles. The summed E-state index contributed by atoms with van der Waals surface area (Å²) in [6.07, 6.45) is -5.74. The fourth-order valence-electron chi connectivity index (χ4n) is 5.43. The first-order valence-corrected chi connectivity index (χ1v) is 15.4. The Balaban J connectivity index is 1.29. The fourth-order valence-corrected chi connectivity index (χ4v) is 5.43. The van der Waals surface area contributed by atoms with Crippen molar-refractivity contribution in [3.05, 3.63) is 41.1 Å². The molecule has 13 heteroatoms. The van der Waals surface area contributed by atoms with Crippen LogP contribution in [0, 0.1) is 0 Å². The molecule has 0 unspecified atom stereocenters. The number of nitrogens with one attached hydrogen (secondary N) is 2. The Kier molecular flexibility index (Phi) is 11.6. The minimum absolute atomic E-state index is 0.0997. The highest BCUT2D eigenvalue weighted by atomic mass is 16.7. The molecule has 2 aromatic rings. The second kappa shape index (κ2) is 15.0. The van der Waals surface area contributed by atoms with Gasteiger partial charge in [-0.3, -0.25) is 9.89 Å². The number of aliphatic hydroxyl groups excluding tert-OH is 4. The Morgan fingerprint density at radius 1 is 1.11 bits per heavy atom. The van der Waals surface area contributed by atoms with Gasteiger partial charge in [0.1, 0.15) is 30.2 Å². The maximum absolute atomic E-state index is 13.0. The van der Waals surface area contributed by atoms with Crippen LogP contribution in [0.4, 0.5) is 0 Å². The van der Waals surface area contributed by atoms with E-state index >= 15 is 0 Å². The Bertz CT molecular complexity index is 1200. The molecule has 0 saturated carbocycles. The topological polar surface area (TPSA) is 173 Å². The van der Waals surface area contributed by atoms with Crippen molar-refractivity contribution >= 4 is 5.91 Å². The van der Waals surface area contributed by atoms with Crippen LogP contribution >= 0.6 is 0 Å². The van der Waals surface area contributed by atoms with Crippen molar-refractivity contribution in [3.8, 4) is 11.6 Å². The first-order valence-electron chi connectivity index (χ1n) is 15.4. The van der Waals surface area contributed by atoms with Gasteiger partial charge in [0.25, 0.3) is 0 Å². The summed E-state index contributed by atoms with van der Waals surface area (Å²) in [5.74, 6) is 1.17. The van der Waals surface area contributed by atoms with Gasteiger partial charge in [-0.1, -0.05) is 26.0 Å². The molecule has 13 nitrogen and oxygen atoms in total. The normalized spacial score (nSPS) is 25.0. The van der Waals surface area contributed by atoms with E-state index in [9.17, 15) is 25.2 Å². The lowest BCUT2D eigenvalue weighted by molar-refractivity contribution is -0.278. The molecule has 2 saturated heterocycles. The highest BCUT2D eigenvalue weighted by molar-refractivity contribution is 5.85. The molecule has 1 aromatic carbocycles. The van der Waals surface area contributed by atoms with Gasteiger partial charge < -0.3 is 49.8 Å². The largest absolute Gasteiger partial charge is 0.494 e. The summed E-state index contributed by atoms with van der Waals surface area (Å²) >= 11 is 0. The van der Waals surface area contributed by atoms with Gasteiger partial charge in [0.05, 0.1) is 18.8 Å². The number of aromatic amines is 1. The summed E-state index contributed by atoms with van der Waals surface area (Å²) in [7, 11) is 2.07. The number of rotatable bonds is 13. The van der Waals surface area contributed by atoms with Crippen LogP contribution in [0.5, 0.6) is 11.6 Å². The van der Waals surface area contributed by atoms with Crippen LogP contribution < -0.4 is 14.8 Å². The Morgan fingerprint density at radius 2 is 1.80 bits per heavy atom. The molecule has 2 aliphatic heterocycles. The molecule has 2 aliphatic rings. The zero-order chi connectivity index (χ0) is 32.0. The summed E-state index contributed by atoms with van der Waals surface area (Å²) in [5, 5.41) is 50.8. The lowest BCUT2D eigenvalue weighted by atomic mass is 9.98. The van der Waals surface area contributed by atoms with Crippen LogP contribution in [-0.2, 0) is 16.0 Å². The Morgan fingerprint density at radius 3 is 2.43 bits per heavy atom. The van der Waals surface area contributed by atoms with E-state index < -0.39 is 42.9 Å². The predicted molar refractivity (Wildman–Crippen MR) is 163 cm³/mol. The SMILES string of the molecule is CC(C)c1[nH]nc(O[C@@H]2O[C@H](CO)[C@@H](O)[C@H](O)[C@H]2O)c1Cc1ccc(OCCCNC(C)(C)C(=O)N2CCN(C)CC2)cc1. The molecular weight excluding hydrogens is 570 g/mol. The quantitative estimate of drug-likeness (QED) is 0.169. The molecule has 0 aliphatic carbocycles. The minimum atomic E-state index is -1.54. The van der Waals surface area contributed by atoms with Crippen LogP contribution in [-0.4, -0.2) is 136 Å². The number of likely N-dealkylation sites (N-methyl/N-ethyl adjacent to an activating group) is 1. The molecular formula is C31H49N5O8. The molecule has 2 fully saturated rings. The van der Waals surface area contributed by atoms with Gasteiger partial charge in [0, 0.05) is 43.9 Å². The Labute approximate surface area is 259 Å². The van der Waals surface area contributed by atoms with Crippen LogP contribution in [0.25, 0.3) is 0 Å². The predicted octanol–water partition coefficient (Wildman–Crippen LogP) is 0.214. The van der Waals surface area contributed by atoms with Crippen molar-refractivity contribution in [2.45, 2.75) is 82.7 Å². The molecule has 1 amide bonds. The summed E-state index contributed by atoms with van der Waals surface area (Å²) in [5.41, 5.74) is 1.97. The number of hydrogen-bond donors (Lipinski definition) is 6. The van der Waals surface area contributed by atoms with E-state index in [1.165, 1.54) is 0 Å². The van der Waals surface area contributed by atoms with Crippen molar-refractivity contribution in [1.82, 2.24) is 25.3 Å². The van der Waals surface area contributed by atoms with E-state index in [-0.39, 0.29) is 17.7 Å². The molecule has 0 radical (unpaired) electrons. The number of hydrogen-bond acceptors (Lipinski definition) is 11. The number of ether oxygens (including phenoxy) is 3. The van der Waals surface area contributed by atoms with Crippen LogP contribution in [0.3, 0.4) is 0 Å². The van der Waals surface area contributed by atoms with Crippen molar-refractivity contribution < 1.29 is 39.4 Å². The van der Waals surface area contributed by atoms with E-state index in [1.807, 2.05) is 56.9 Å². The average molecular weight is 620 g/mol. The number of benzene rings is 1. The maximum Gasteiger partial charge on any atom is 0.242 e. The monoisotopic (exact) mass is 619 g/mol. The fraction of sp³-hybridized carbons (Fsp3) is 0.677. The molecule has 0 spiro atoms. The zero-order valence-corrected chi connectivity index (χ0v) is 26.4. The van der Waals surface area contributed by atoms with Crippen LogP contribution in [0.15, 0.2) is 24.3 Å². The Hall–Kier alpha value is -2.78. The lowest BCUT2D eigenvalue weighted by Gasteiger charge is -2.39. The third kappa shape index (κ3) is 8.27. The van der Waals surface area contributed by atoms with Gasteiger partial charge in [-0.05, 0) is 57.5 Å². The molecule has 6 N–H and O–H groups in total. The van der Waals surface area contributed by atoms with Crippen molar-refractivity contribution in [2.24, 2.45) is 0 Å². The highest BCUT2D eigenvalue weighted by Gasteiger charge is 2.45. The third-order valence-electron chi connectivity index (χ3n) is 8.30. The van der Waals surface area contributed by atoms with E-state index in [1.54, 1.807) is 0 Å². The number of nitrogens with zero attached hydrogens (tertiary/aromatic N) is 3. The minimum Gasteiger partial charge on any atom is -0.494 e. The standard InChI is InChI=1S/C31H49N5O8/c1-19(2)24-22(28(34-33-24)44-29-27(40)26(39)25(38)23(18-37)43-29)17-20-7-9-21(10-8-20)42-16-6-11-32-31(3,4)30(41)36-14-12-35(5)13-15-36/h7-10,19,23,25-27,29,32,37-40H,6,11-18H2,1-5H3,(H,33,34)/t23-,25-,26+,27-,29+/m1/s1. The van der Waals surface area contributed by atoms with E-state index in [2.05, 4.69) is 27.5 Å². The highest BCUT2D eigenvalue weighted by Crippen LogP contribution is 2.31. The third-order valence-corrected chi connectivity index (χ3v) is 8.30. The van der Waals surface area contributed by atoms with Crippen molar-refractivity contribution in [1.29, 1.82) is 0 Å². The first-order chi connectivity index (χ1) is 20.9. The summed E-state index contributed by atoms with van der Waals surface area (Å²) in [4.78, 5) is 17.1. The number of H-pyrrole nitrogens is 1. The molecule has 246 valence electrons. The number of piperazine rings is 1. The van der Waals surface area contributed by atoms with Gasteiger partial charge in [-0.15, -0.1) is 5.10 Å². The molecule has 0 bridgehead atoms. The van der Waals surface area contributed by atoms with Gasteiger partial charge in [-0.2, -0.15) is 0 Å². The van der Waals surface area contributed by atoms with E-state index in [4.69, 9.17) is 14.2 Å². The van der Waals surface area contributed by atoms with Crippen molar-refractivity contribution in [3.63, 3.8) is 0 Å². The average Bonchev–Trinajstić information content (AvgIpc) is 3.40. The second-order valence-corrected chi connectivity index (χ2v) is 12.6. The second-order valence-electron chi connectivity index (χ2n) is 12.6. The zero-order valence-electron chi connectivity index (χ0n) is 26.4. The first kappa shape index (κ1) is 34.1. The van der Waals surface area contributed by atoms with Gasteiger partial charge in [0.15, 0.2) is 0 Å². The van der Waals surface area contributed by atoms with Crippen LogP contribution in [0.2, 0.25) is 0 Å². The van der Waals surface area contributed by atoms with E-state index in [0.717, 1.165) is 55.2 Å². The number of carbonyl (C=O) groups excluding carboxylic acids is 1.